The second kappa shape index (κ2) is 5.67. The van der Waals surface area contributed by atoms with Crippen LogP contribution in [0.3, 0.4) is 0 Å². The van der Waals surface area contributed by atoms with Crippen molar-refractivity contribution in [3.05, 3.63) is 47.2 Å². The number of benzene rings is 1. The van der Waals surface area contributed by atoms with Gasteiger partial charge in [0.05, 0.1) is 18.1 Å². The van der Waals surface area contributed by atoms with Crippen molar-refractivity contribution in [3.63, 3.8) is 0 Å². The standard InChI is InChI=1S/C13H13ClN4O/c1-18(2)13-15-7-11(8-16-13)17-12(19)9-4-3-5-10(14)6-9/h3-8H,1-2H3,(H,17,19). The Morgan fingerprint density at radius 1 is 1.26 bits per heavy atom. The molecule has 0 aliphatic heterocycles. The Balaban J connectivity index is 2.10. The Kier molecular flexibility index (Phi) is 3.97. The van der Waals surface area contributed by atoms with Crippen LogP contribution in [0.25, 0.3) is 0 Å². The number of halogens is 1. The van der Waals surface area contributed by atoms with Gasteiger partial charge in [0.25, 0.3) is 5.91 Å². The first-order chi connectivity index (χ1) is 9.06. The maximum Gasteiger partial charge on any atom is 0.255 e. The van der Waals surface area contributed by atoms with Crippen LogP contribution in [-0.4, -0.2) is 30.0 Å². The minimum atomic E-state index is -0.247. The van der Waals surface area contributed by atoms with Gasteiger partial charge < -0.3 is 10.2 Å². The molecule has 0 fully saturated rings. The summed E-state index contributed by atoms with van der Waals surface area (Å²) in [4.78, 5) is 22.0. The molecule has 2 rings (SSSR count). The highest BCUT2D eigenvalue weighted by atomic mass is 35.5. The third-order valence-corrected chi connectivity index (χ3v) is 2.62. The molecule has 98 valence electrons. The molecule has 1 amide bonds. The predicted molar refractivity (Wildman–Crippen MR) is 75.8 cm³/mol. The Hall–Kier alpha value is -2.14. The second-order valence-electron chi connectivity index (χ2n) is 4.13. The molecule has 6 heteroatoms. The minimum Gasteiger partial charge on any atom is -0.347 e. The van der Waals surface area contributed by atoms with E-state index in [1.54, 1.807) is 41.6 Å². The number of rotatable bonds is 3. The van der Waals surface area contributed by atoms with E-state index in [0.29, 0.717) is 22.2 Å². The van der Waals surface area contributed by atoms with Gasteiger partial charge in [-0.05, 0) is 18.2 Å². The van der Waals surface area contributed by atoms with Crippen LogP contribution in [0.4, 0.5) is 11.6 Å². The lowest BCUT2D eigenvalue weighted by atomic mass is 10.2. The first-order valence-electron chi connectivity index (χ1n) is 5.62. The van der Waals surface area contributed by atoms with Crippen LogP contribution in [0.5, 0.6) is 0 Å². The van der Waals surface area contributed by atoms with Crippen LogP contribution in [0.2, 0.25) is 5.02 Å². The van der Waals surface area contributed by atoms with Gasteiger partial charge in [-0.15, -0.1) is 0 Å². The summed E-state index contributed by atoms with van der Waals surface area (Å²) in [7, 11) is 3.69. The average molecular weight is 277 g/mol. The summed E-state index contributed by atoms with van der Waals surface area (Å²) in [5.74, 6) is 0.337. The number of carbonyl (C=O) groups is 1. The largest absolute Gasteiger partial charge is 0.347 e. The van der Waals surface area contributed by atoms with Crippen LogP contribution in [0.1, 0.15) is 10.4 Å². The fourth-order valence-electron chi connectivity index (χ4n) is 1.45. The Morgan fingerprint density at radius 3 is 2.53 bits per heavy atom. The van der Waals surface area contributed by atoms with E-state index >= 15 is 0 Å². The molecule has 0 unspecified atom stereocenters. The van der Waals surface area contributed by atoms with Gasteiger partial charge in [-0.1, -0.05) is 17.7 Å². The third kappa shape index (κ3) is 3.42. The van der Waals surface area contributed by atoms with E-state index in [1.807, 2.05) is 14.1 Å². The second-order valence-corrected chi connectivity index (χ2v) is 4.57. The normalized spacial score (nSPS) is 10.1. The number of amides is 1. The molecule has 0 bridgehead atoms. The summed E-state index contributed by atoms with van der Waals surface area (Å²) in [6.07, 6.45) is 3.12. The summed E-state index contributed by atoms with van der Waals surface area (Å²) in [6, 6.07) is 6.73. The zero-order valence-corrected chi connectivity index (χ0v) is 11.3. The van der Waals surface area contributed by atoms with Gasteiger partial charge in [0.2, 0.25) is 5.95 Å². The van der Waals surface area contributed by atoms with Crippen LogP contribution >= 0.6 is 11.6 Å². The van der Waals surface area contributed by atoms with Gasteiger partial charge in [0.15, 0.2) is 0 Å². The summed E-state index contributed by atoms with van der Waals surface area (Å²) in [5.41, 5.74) is 1.03. The van der Waals surface area contributed by atoms with Crippen molar-refractivity contribution in [2.24, 2.45) is 0 Å². The van der Waals surface area contributed by atoms with Gasteiger partial charge in [-0.2, -0.15) is 0 Å². The van der Waals surface area contributed by atoms with Crippen molar-refractivity contribution in [1.29, 1.82) is 0 Å². The molecule has 0 radical (unpaired) electrons. The predicted octanol–water partition coefficient (Wildman–Crippen LogP) is 2.45. The highest BCUT2D eigenvalue weighted by Gasteiger charge is 2.07. The number of nitrogens with zero attached hydrogens (tertiary/aromatic N) is 3. The molecule has 19 heavy (non-hydrogen) atoms. The first-order valence-corrected chi connectivity index (χ1v) is 6.00. The third-order valence-electron chi connectivity index (χ3n) is 2.38. The van der Waals surface area contributed by atoms with Crippen LogP contribution in [0.15, 0.2) is 36.7 Å². The molecular weight excluding hydrogens is 264 g/mol. The monoisotopic (exact) mass is 276 g/mol. The van der Waals surface area contributed by atoms with Gasteiger partial charge >= 0.3 is 0 Å². The smallest absolute Gasteiger partial charge is 0.255 e. The number of aromatic nitrogens is 2. The Labute approximate surface area is 116 Å². The summed E-state index contributed by atoms with van der Waals surface area (Å²) >= 11 is 5.84. The van der Waals surface area contributed by atoms with Gasteiger partial charge in [0, 0.05) is 24.7 Å². The maximum atomic E-state index is 11.9. The molecule has 1 N–H and O–H groups in total. The molecule has 0 spiro atoms. The number of anilines is 2. The lowest BCUT2D eigenvalue weighted by Crippen LogP contribution is -2.15. The molecule has 0 atom stereocenters. The lowest BCUT2D eigenvalue weighted by molar-refractivity contribution is 0.102. The zero-order chi connectivity index (χ0) is 13.8. The highest BCUT2D eigenvalue weighted by Crippen LogP contribution is 2.13. The fraction of sp³-hybridized carbons (Fsp3) is 0.154. The van der Waals surface area contributed by atoms with E-state index in [2.05, 4.69) is 15.3 Å². The lowest BCUT2D eigenvalue weighted by Gasteiger charge is -2.10. The quantitative estimate of drug-likeness (QED) is 0.935. The van der Waals surface area contributed by atoms with E-state index in [4.69, 9.17) is 11.6 Å². The summed E-state index contributed by atoms with van der Waals surface area (Å²) < 4.78 is 0. The molecular formula is C13H13ClN4O. The minimum absolute atomic E-state index is 0.247. The van der Waals surface area contributed by atoms with Crippen molar-refractivity contribution >= 4 is 29.1 Å². The Bertz CT molecular complexity index is 583. The van der Waals surface area contributed by atoms with E-state index in [0.717, 1.165) is 0 Å². The van der Waals surface area contributed by atoms with Gasteiger partial charge in [-0.3, -0.25) is 4.79 Å². The molecule has 0 saturated heterocycles. The molecule has 1 aromatic carbocycles. The molecule has 0 saturated carbocycles. The number of hydrogen-bond donors (Lipinski definition) is 1. The number of nitrogens with one attached hydrogen (secondary N) is 1. The molecule has 0 aliphatic rings. The van der Waals surface area contributed by atoms with E-state index < -0.39 is 0 Å². The Morgan fingerprint density at radius 2 is 1.95 bits per heavy atom. The average Bonchev–Trinajstić information content (AvgIpc) is 2.39. The summed E-state index contributed by atoms with van der Waals surface area (Å²) in [6.45, 7) is 0. The van der Waals surface area contributed by atoms with Crippen LogP contribution in [-0.2, 0) is 0 Å². The maximum absolute atomic E-state index is 11.9. The molecule has 2 aromatic rings. The number of hydrogen-bond acceptors (Lipinski definition) is 4. The molecule has 0 aliphatic carbocycles. The van der Waals surface area contributed by atoms with Crippen molar-refractivity contribution in [2.45, 2.75) is 0 Å². The molecule has 5 nitrogen and oxygen atoms in total. The first kappa shape index (κ1) is 13.3. The van der Waals surface area contributed by atoms with Crippen LogP contribution < -0.4 is 10.2 Å². The van der Waals surface area contributed by atoms with Crippen molar-refractivity contribution in [1.82, 2.24) is 9.97 Å². The van der Waals surface area contributed by atoms with Crippen molar-refractivity contribution < 1.29 is 4.79 Å². The van der Waals surface area contributed by atoms with E-state index in [1.165, 1.54) is 0 Å². The summed E-state index contributed by atoms with van der Waals surface area (Å²) in [5, 5.41) is 3.23. The zero-order valence-electron chi connectivity index (χ0n) is 10.6. The molecule has 1 heterocycles. The van der Waals surface area contributed by atoms with Crippen LogP contribution in [0, 0.1) is 0 Å². The van der Waals surface area contributed by atoms with E-state index in [-0.39, 0.29) is 5.91 Å². The van der Waals surface area contributed by atoms with Gasteiger partial charge in [-0.25, -0.2) is 9.97 Å². The van der Waals surface area contributed by atoms with E-state index in [9.17, 15) is 4.79 Å². The van der Waals surface area contributed by atoms with Crippen molar-refractivity contribution in [2.75, 3.05) is 24.3 Å². The fourth-order valence-corrected chi connectivity index (χ4v) is 1.64. The van der Waals surface area contributed by atoms with Crippen molar-refractivity contribution in [3.8, 4) is 0 Å². The highest BCUT2D eigenvalue weighted by molar-refractivity contribution is 6.31. The molecule has 1 aromatic heterocycles. The number of carbonyl (C=O) groups excluding carboxylic acids is 1. The van der Waals surface area contributed by atoms with Gasteiger partial charge in [0.1, 0.15) is 0 Å². The SMILES string of the molecule is CN(C)c1ncc(NC(=O)c2cccc(Cl)c2)cn1. The topological polar surface area (TPSA) is 58.1 Å².